The Balaban J connectivity index is 2.15. The zero-order chi connectivity index (χ0) is 14.7. The zero-order valence-corrected chi connectivity index (χ0v) is 13.3. The SMILES string of the molecule is CC(C)(C)C1CCC2=C(C1)S(=O)(=O)c1ncnc(Cl)c12. The van der Waals surface area contributed by atoms with Crippen molar-refractivity contribution in [3.8, 4) is 0 Å². The Morgan fingerprint density at radius 2 is 2.00 bits per heavy atom. The van der Waals surface area contributed by atoms with Crippen LogP contribution in [-0.4, -0.2) is 18.4 Å². The molecule has 108 valence electrons. The molecular weight excluding hydrogens is 296 g/mol. The van der Waals surface area contributed by atoms with Crippen LogP contribution in [-0.2, 0) is 9.84 Å². The molecule has 1 unspecified atom stereocenters. The summed E-state index contributed by atoms with van der Waals surface area (Å²) >= 11 is 6.09. The summed E-state index contributed by atoms with van der Waals surface area (Å²) in [6.45, 7) is 6.47. The summed E-state index contributed by atoms with van der Waals surface area (Å²) < 4.78 is 25.3. The van der Waals surface area contributed by atoms with Gasteiger partial charge in [0.1, 0.15) is 11.5 Å². The van der Waals surface area contributed by atoms with Crippen molar-refractivity contribution >= 4 is 27.0 Å². The maximum absolute atomic E-state index is 12.6. The summed E-state index contributed by atoms with van der Waals surface area (Å²) in [6.07, 6.45) is 3.51. The van der Waals surface area contributed by atoms with Crippen LogP contribution in [0, 0.1) is 11.3 Å². The molecule has 0 N–H and O–H groups in total. The lowest BCUT2D eigenvalue weighted by Gasteiger charge is -2.34. The molecule has 4 nitrogen and oxygen atoms in total. The van der Waals surface area contributed by atoms with Gasteiger partial charge in [0.2, 0.25) is 9.84 Å². The van der Waals surface area contributed by atoms with E-state index < -0.39 is 9.84 Å². The first kappa shape index (κ1) is 14.0. The molecule has 0 amide bonds. The van der Waals surface area contributed by atoms with Crippen LogP contribution in [0.5, 0.6) is 0 Å². The van der Waals surface area contributed by atoms with Crippen molar-refractivity contribution in [1.82, 2.24) is 9.97 Å². The Kier molecular flexibility index (Phi) is 3.00. The molecule has 0 saturated heterocycles. The number of allylic oxidation sites excluding steroid dienone is 2. The standard InChI is InChI=1S/C14H17ClN2O2S/c1-14(2,3)8-4-5-9-10(6-8)20(18,19)13-11(9)12(15)16-7-17-13/h7-8H,4-6H2,1-3H3. The topological polar surface area (TPSA) is 59.9 Å². The fourth-order valence-corrected chi connectivity index (χ4v) is 5.27. The molecular formula is C14H17ClN2O2S. The van der Waals surface area contributed by atoms with Gasteiger partial charge in [-0.15, -0.1) is 0 Å². The lowest BCUT2D eigenvalue weighted by Crippen LogP contribution is -2.24. The van der Waals surface area contributed by atoms with Gasteiger partial charge in [0, 0.05) is 0 Å². The molecule has 6 heteroatoms. The highest BCUT2D eigenvalue weighted by Crippen LogP contribution is 2.51. The minimum absolute atomic E-state index is 0.0945. The second-order valence-corrected chi connectivity index (χ2v) is 8.80. The average molecular weight is 313 g/mol. The molecule has 0 spiro atoms. The predicted octanol–water partition coefficient (Wildman–Crippen LogP) is 3.47. The molecule has 0 bridgehead atoms. The van der Waals surface area contributed by atoms with E-state index in [1.807, 2.05) is 0 Å². The molecule has 1 atom stereocenters. The number of rotatable bonds is 0. The number of nitrogens with zero attached hydrogens (tertiary/aromatic N) is 2. The molecule has 3 rings (SSSR count). The number of hydrogen-bond acceptors (Lipinski definition) is 4. The lowest BCUT2D eigenvalue weighted by molar-refractivity contribution is 0.223. The maximum Gasteiger partial charge on any atom is 0.221 e. The summed E-state index contributed by atoms with van der Waals surface area (Å²) in [5.41, 5.74) is 1.47. The zero-order valence-electron chi connectivity index (χ0n) is 11.8. The van der Waals surface area contributed by atoms with Crippen molar-refractivity contribution in [3.63, 3.8) is 0 Å². The van der Waals surface area contributed by atoms with E-state index in [-0.39, 0.29) is 15.6 Å². The number of halogens is 1. The van der Waals surface area contributed by atoms with Gasteiger partial charge < -0.3 is 0 Å². The van der Waals surface area contributed by atoms with Crippen molar-refractivity contribution in [3.05, 3.63) is 21.9 Å². The van der Waals surface area contributed by atoms with Gasteiger partial charge in [-0.05, 0) is 36.2 Å². The van der Waals surface area contributed by atoms with E-state index >= 15 is 0 Å². The number of sulfone groups is 1. The van der Waals surface area contributed by atoms with E-state index in [9.17, 15) is 8.42 Å². The summed E-state index contributed by atoms with van der Waals surface area (Å²) in [5.74, 6) is 0.358. The van der Waals surface area contributed by atoms with E-state index in [0.717, 1.165) is 18.4 Å². The smallest absolute Gasteiger partial charge is 0.221 e. The van der Waals surface area contributed by atoms with E-state index in [1.165, 1.54) is 6.33 Å². The molecule has 1 aliphatic carbocycles. The van der Waals surface area contributed by atoms with Crippen LogP contribution in [0.25, 0.3) is 5.57 Å². The summed E-state index contributed by atoms with van der Waals surface area (Å²) in [7, 11) is -3.48. The highest BCUT2D eigenvalue weighted by atomic mass is 35.5. The third kappa shape index (κ3) is 1.91. The third-order valence-corrected chi connectivity index (χ3v) is 6.55. The fourth-order valence-electron chi connectivity index (χ4n) is 3.11. The molecule has 1 aromatic heterocycles. The lowest BCUT2D eigenvalue weighted by atomic mass is 9.72. The van der Waals surface area contributed by atoms with Crippen LogP contribution >= 0.6 is 11.6 Å². The Labute approximate surface area is 124 Å². The van der Waals surface area contributed by atoms with Gasteiger partial charge in [-0.25, -0.2) is 18.4 Å². The molecule has 1 aromatic rings. The van der Waals surface area contributed by atoms with Crippen molar-refractivity contribution in [1.29, 1.82) is 0 Å². The van der Waals surface area contributed by atoms with Gasteiger partial charge in [0.05, 0.1) is 10.5 Å². The predicted molar refractivity (Wildman–Crippen MR) is 77.9 cm³/mol. The van der Waals surface area contributed by atoms with Gasteiger partial charge >= 0.3 is 0 Å². The monoisotopic (exact) mass is 312 g/mol. The van der Waals surface area contributed by atoms with Crippen molar-refractivity contribution in [2.75, 3.05) is 0 Å². The number of fused-ring (bicyclic) bond motifs is 2. The first-order valence-corrected chi connectivity index (χ1v) is 8.57. The van der Waals surface area contributed by atoms with Crippen molar-refractivity contribution < 1.29 is 8.42 Å². The summed E-state index contributed by atoms with van der Waals surface area (Å²) in [5, 5.41) is 0.342. The van der Waals surface area contributed by atoms with Crippen LogP contribution in [0.1, 0.15) is 45.6 Å². The molecule has 0 saturated carbocycles. The van der Waals surface area contributed by atoms with Gasteiger partial charge in [0.15, 0.2) is 5.03 Å². The van der Waals surface area contributed by atoms with Crippen LogP contribution in [0.4, 0.5) is 0 Å². The van der Waals surface area contributed by atoms with Crippen LogP contribution < -0.4 is 0 Å². The van der Waals surface area contributed by atoms with Crippen LogP contribution in [0.2, 0.25) is 5.15 Å². The first-order valence-electron chi connectivity index (χ1n) is 6.71. The highest BCUT2D eigenvalue weighted by Gasteiger charge is 2.43. The molecule has 2 heterocycles. The molecule has 2 aliphatic rings. The average Bonchev–Trinajstić information content (AvgIpc) is 2.59. The Bertz CT molecular complexity index is 717. The van der Waals surface area contributed by atoms with Gasteiger partial charge in [-0.1, -0.05) is 32.4 Å². The van der Waals surface area contributed by atoms with E-state index in [0.29, 0.717) is 22.8 Å². The Hall–Kier alpha value is -0.940. The quantitative estimate of drug-likeness (QED) is 0.688. The van der Waals surface area contributed by atoms with Gasteiger partial charge in [0.25, 0.3) is 0 Å². The molecule has 20 heavy (non-hydrogen) atoms. The minimum atomic E-state index is -3.48. The fraction of sp³-hybridized carbons (Fsp3) is 0.571. The van der Waals surface area contributed by atoms with Crippen LogP contribution in [0.15, 0.2) is 16.3 Å². The van der Waals surface area contributed by atoms with Crippen LogP contribution in [0.3, 0.4) is 0 Å². The highest BCUT2D eigenvalue weighted by molar-refractivity contribution is 7.95. The minimum Gasteiger partial charge on any atom is -0.224 e. The third-order valence-electron chi connectivity index (χ3n) is 4.38. The van der Waals surface area contributed by atoms with Gasteiger partial charge in [-0.3, -0.25) is 0 Å². The van der Waals surface area contributed by atoms with Crippen molar-refractivity contribution in [2.24, 2.45) is 11.3 Å². The molecule has 1 aliphatic heterocycles. The number of aromatic nitrogens is 2. The number of hydrogen-bond donors (Lipinski definition) is 0. The summed E-state index contributed by atoms with van der Waals surface area (Å²) in [4.78, 5) is 8.40. The van der Waals surface area contributed by atoms with Crippen molar-refractivity contribution in [2.45, 2.75) is 45.1 Å². The van der Waals surface area contributed by atoms with E-state index in [4.69, 9.17) is 11.6 Å². The van der Waals surface area contributed by atoms with E-state index in [2.05, 4.69) is 30.7 Å². The van der Waals surface area contributed by atoms with E-state index in [1.54, 1.807) is 0 Å². The Morgan fingerprint density at radius 3 is 2.65 bits per heavy atom. The second-order valence-electron chi connectivity index (χ2n) is 6.56. The maximum atomic E-state index is 12.6. The second kappa shape index (κ2) is 4.28. The van der Waals surface area contributed by atoms with Gasteiger partial charge in [-0.2, -0.15) is 0 Å². The Morgan fingerprint density at radius 1 is 1.30 bits per heavy atom. The molecule has 0 aromatic carbocycles. The molecule has 0 fully saturated rings. The normalized spacial score (nSPS) is 24.5. The first-order chi connectivity index (χ1) is 9.23. The largest absolute Gasteiger partial charge is 0.224 e. The molecule has 0 radical (unpaired) electrons. The summed E-state index contributed by atoms with van der Waals surface area (Å²) in [6, 6.07) is 0.